The quantitative estimate of drug-likeness (QED) is 0.243. The first-order valence-corrected chi connectivity index (χ1v) is 12.1. The Kier molecular flexibility index (Phi) is 6.77. The minimum atomic E-state index is -0.136. The molecule has 0 unspecified atom stereocenters. The van der Waals surface area contributed by atoms with E-state index in [9.17, 15) is 4.79 Å². The molecule has 5 rings (SSSR count). The number of amides is 1. The fourth-order valence-electron chi connectivity index (χ4n) is 3.72. The molecule has 0 bridgehead atoms. The van der Waals surface area contributed by atoms with Crippen LogP contribution in [0.2, 0.25) is 0 Å². The monoisotopic (exact) mass is 493 g/mol. The van der Waals surface area contributed by atoms with Crippen LogP contribution >= 0.6 is 11.8 Å². The zero-order valence-electron chi connectivity index (χ0n) is 19.6. The van der Waals surface area contributed by atoms with Gasteiger partial charge in [0.25, 0.3) is 5.91 Å². The number of nitrogens with zero attached hydrogens (tertiary/aromatic N) is 5. The van der Waals surface area contributed by atoms with Gasteiger partial charge in [0, 0.05) is 30.1 Å². The molecule has 1 saturated heterocycles. The van der Waals surface area contributed by atoms with E-state index in [0.29, 0.717) is 22.4 Å². The van der Waals surface area contributed by atoms with Crippen molar-refractivity contribution in [1.82, 2.24) is 19.7 Å². The third kappa shape index (κ3) is 4.85. The summed E-state index contributed by atoms with van der Waals surface area (Å²) in [7, 11) is 1.64. The molecule has 0 saturated carbocycles. The molecule has 178 valence electrons. The second kappa shape index (κ2) is 10.5. The maximum absolute atomic E-state index is 13.4. The van der Waals surface area contributed by atoms with Crippen LogP contribution in [0.4, 0.5) is 5.82 Å². The van der Waals surface area contributed by atoms with E-state index in [2.05, 4.69) is 16.6 Å². The van der Waals surface area contributed by atoms with E-state index >= 15 is 0 Å². The Morgan fingerprint density at radius 2 is 1.83 bits per heavy atom. The largest absolute Gasteiger partial charge is 0.497 e. The molecule has 0 radical (unpaired) electrons. The van der Waals surface area contributed by atoms with Crippen molar-refractivity contribution in [3.63, 3.8) is 0 Å². The van der Waals surface area contributed by atoms with Crippen molar-refractivity contribution in [3.05, 3.63) is 108 Å². The predicted molar refractivity (Wildman–Crippen MR) is 144 cm³/mol. The first-order chi connectivity index (χ1) is 17.7. The van der Waals surface area contributed by atoms with Crippen LogP contribution in [0.25, 0.3) is 23.0 Å². The summed E-state index contributed by atoms with van der Waals surface area (Å²) in [5.74, 6) is 1.17. The number of thioether (sulfide) groups is 1. The highest BCUT2D eigenvalue weighted by Crippen LogP contribution is 2.36. The smallest absolute Gasteiger partial charge is 0.267 e. The van der Waals surface area contributed by atoms with Crippen molar-refractivity contribution in [3.8, 4) is 22.7 Å². The molecule has 1 aliphatic heterocycles. The van der Waals surface area contributed by atoms with Crippen molar-refractivity contribution < 1.29 is 9.53 Å². The predicted octanol–water partition coefficient (Wildman–Crippen LogP) is 5.73. The molecule has 36 heavy (non-hydrogen) atoms. The Hall–Kier alpha value is -4.43. The molecule has 1 amide bonds. The van der Waals surface area contributed by atoms with Crippen molar-refractivity contribution in [1.29, 1.82) is 0 Å². The average molecular weight is 494 g/mol. The standard InChI is InChI=1S/C28H23N5O2S/c1-3-17-32-27(34)24(36-28(32)30-25-11-7-8-16-29-25)18-21-19-33(22-9-5-4-6-10-22)31-26(21)20-12-14-23(35-2)15-13-20/h3-16,18-19H,1,17H2,2H3/b24-18-,30-28+. The Morgan fingerprint density at radius 3 is 2.53 bits per heavy atom. The number of amidine groups is 1. The number of rotatable bonds is 7. The van der Waals surface area contributed by atoms with Crippen LogP contribution in [0, 0.1) is 0 Å². The highest BCUT2D eigenvalue weighted by atomic mass is 32.2. The molecule has 0 spiro atoms. The van der Waals surface area contributed by atoms with E-state index < -0.39 is 0 Å². The van der Waals surface area contributed by atoms with Gasteiger partial charge in [-0.1, -0.05) is 30.3 Å². The summed E-state index contributed by atoms with van der Waals surface area (Å²) in [5, 5.41) is 5.42. The summed E-state index contributed by atoms with van der Waals surface area (Å²) in [6.45, 7) is 4.15. The van der Waals surface area contributed by atoms with Gasteiger partial charge in [0.2, 0.25) is 0 Å². The third-order valence-corrected chi connectivity index (χ3v) is 6.48. The van der Waals surface area contributed by atoms with Gasteiger partial charge in [0.05, 0.1) is 23.4 Å². The maximum atomic E-state index is 13.4. The lowest BCUT2D eigenvalue weighted by atomic mass is 10.1. The molecule has 2 aromatic heterocycles. The highest BCUT2D eigenvalue weighted by Gasteiger charge is 2.33. The number of aliphatic imine (C=N–C) groups is 1. The van der Waals surface area contributed by atoms with Gasteiger partial charge >= 0.3 is 0 Å². The highest BCUT2D eigenvalue weighted by molar-refractivity contribution is 8.18. The van der Waals surface area contributed by atoms with Gasteiger partial charge in [-0.2, -0.15) is 5.10 Å². The normalized spacial score (nSPS) is 15.6. The molecule has 1 fully saturated rings. The van der Waals surface area contributed by atoms with Crippen molar-refractivity contribution in [2.45, 2.75) is 0 Å². The van der Waals surface area contributed by atoms with Gasteiger partial charge in [-0.25, -0.2) is 14.7 Å². The molecule has 2 aromatic carbocycles. The number of aromatic nitrogens is 3. The summed E-state index contributed by atoms with van der Waals surface area (Å²) >= 11 is 1.31. The van der Waals surface area contributed by atoms with E-state index in [0.717, 1.165) is 28.3 Å². The Labute approximate surface area is 213 Å². The second-order valence-corrected chi connectivity index (χ2v) is 8.85. The molecular weight excluding hydrogens is 470 g/mol. The van der Waals surface area contributed by atoms with E-state index in [-0.39, 0.29) is 5.91 Å². The number of hydrogen-bond donors (Lipinski definition) is 0. The SMILES string of the molecule is C=CCN1C(=O)/C(=C/c2cn(-c3ccccc3)nc2-c2ccc(OC)cc2)S/C1=N/c1ccccn1. The number of para-hydroxylation sites is 1. The lowest BCUT2D eigenvalue weighted by Gasteiger charge is -2.12. The van der Waals surface area contributed by atoms with E-state index in [1.807, 2.05) is 83.7 Å². The number of carbonyl (C=O) groups excluding carboxylic acids is 1. The molecule has 0 N–H and O–H groups in total. The van der Waals surface area contributed by atoms with Crippen LogP contribution in [0.1, 0.15) is 5.56 Å². The summed E-state index contributed by atoms with van der Waals surface area (Å²) in [5.41, 5.74) is 3.41. The average Bonchev–Trinajstić information content (AvgIpc) is 3.47. The molecule has 0 atom stereocenters. The number of pyridine rings is 1. The van der Waals surface area contributed by atoms with Crippen LogP contribution in [0.5, 0.6) is 5.75 Å². The minimum Gasteiger partial charge on any atom is -0.497 e. The lowest BCUT2D eigenvalue weighted by Crippen LogP contribution is -2.29. The maximum Gasteiger partial charge on any atom is 0.267 e. The van der Waals surface area contributed by atoms with Crippen molar-refractivity contribution in [2.24, 2.45) is 4.99 Å². The Bertz CT molecular complexity index is 1440. The van der Waals surface area contributed by atoms with Gasteiger partial charge in [-0.15, -0.1) is 6.58 Å². The molecule has 4 aromatic rings. The zero-order valence-corrected chi connectivity index (χ0v) is 20.4. The minimum absolute atomic E-state index is 0.136. The molecule has 0 aliphatic carbocycles. The Morgan fingerprint density at radius 1 is 1.06 bits per heavy atom. The summed E-state index contributed by atoms with van der Waals surface area (Å²) in [4.78, 5) is 24.4. The summed E-state index contributed by atoms with van der Waals surface area (Å²) < 4.78 is 7.13. The third-order valence-electron chi connectivity index (χ3n) is 5.47. The van der Waals surface area contributed by atoms with Crippen LogP contribution < -0.4 is 4.74 Å². The molecular formula is C28H23N5O2S. The molecule has 8 heteroatoms. The van der Waals surface area contributed by atoms with Crippen LogP contribution in [-0.2, 0) is 4.79 Å². The fourth-order valence-corrected chi connectivity index (χ4v) is 4.71. The number of hydrogen-bond acceptors (Lipinski definition) is 6. The van der Waals surface area contributed by atoms with Crippen molar-refractivity contribution >= 4 is 34.7 Å². The van der Waals surface area contributed by atoms with E-state index in [4.69, 9.17) is 9.84 Å². The molecule has 1 aliphatic rings. The van der Waals surface area contributed by atoms with Crippen LogP contribution in [0.3, 0.4) is 0 Å². The second-order valence-electron chi connectivity index (χ2n) is 7.84. The van der Waals surface area contributed by atoms with Crippen LogP contribution in [-0.4, -0.2) is 44.4 Å². The van der Waals surface area contributed by atoms with Gasteiger partial charge in [0.1, 0.15) is 5.75 Å². The first-order valence-electron chi connectivity index (χ1n) is 11.3. The summed E-state index contributed by atoms with van der Waals surface area (Å²) in [6, 6.07) is 23.1. The zero-order chi connectivity index (χ0) is 24.9. The topological polar surface area (TPSA) is 72.6 Å². The molecule has 7 nitrogen and oxygen atoms in total. The Balaban J connectivity index is 1.58. The van der Waals surface area contributed by atoms with Gasteiger partial charge in [0.15, 0.2) is 11.0 Å². The number of carbonyl (C=O) groups is 1. The number of benzene rings is 2. The number of ether oxygens (including phenoxy) is 1. The van der Waals surface area contributed by atoms with Crippen LogP contribution in [0.15, 0.2) is 108 Å². The van der Waals surface area contributed by atoms with Gasteiger partial charge in [-0.3, -0.25) is 9.69 Å². The number of methoxy groups -OCH3 is 1. The van der Waals surface area contributed by atoms with E-state index in [1.54, 1.807) is 30.3 Å². The fraction of sp³-hybridized carbons (Fsp3) is 0.0714. The van der Waals surface area contributed by atoms with Gasteiger partial charge in [-0.05, 0) is 66.4 Å². The lowest BCUT2D eigenvalue weighted by molar-refractivity contribution is -0.121. The first kappa shape index (κ1) is 23.3. The van der Waals surface area contributed by atoms with Crippen molar-refractivity contribution in [2.75, 3.05) is 13.7 Å². The molecule has 3 heterocycles. The van der Waals surface area contributed by atoms with Gasteiger partial charge < -0.3 is 4.74 Å². The summed E-state index contributed by atoms with van der Waals surface area (Å²) in [6.07, 6.45) is 7.16. The van der Waals surface area contributed by atoms with E-state index in [1.165, 1.54) is 11.8 Å².